The molecule has 0 bridgehead atoms. The summed E-state index contributed by atoms with van der Waals surface area (Å²) in [4.78, 5) is 25.8. The summed E-state index contributed by atoms with van der Waals surface area (Å²) in [5.41, 5.74) is 0. The van der Waals surface area contributed by atoms with Crippen LogP contribution < -0.4 is 10.0 Å². The van der Waals surface area contributed by atoms with E-state index in [0.29, 0.717) is 32.5 Å². The van der Waals surface area contributed by atoms with Crippen LogP contribution in [0, 0.1) is 11.8 Å². The fourth-order valence-corrected chi connectivity index (χ4v) is 3.21. The Bertz CT molecular complexity index is 508. The molecule has 1 saturated carbocycles. The van der Waals surface area contributed by atoms with E-state index >= 15 is 0 Å². The Labute approximate surface area is 131 Å². The van der Waals surface area contributed by atoms with Crippen molar-refractivity contribution in [2.75, 3.05) is 31.9 Å². The predicted octanol–water partition coefficient (Wildman–Crippen LogP) is -0.309. The predicted molar refractivity (Wildman–Crippen MR) is 82.5 cm³/mol. The van der Waals surface area contributed by atoms with E-state index in [2.05, 4.69) is 10.0 Å². The van der Waals surface area contributed by atoms with Crippen molar-refractivity contribution in [3.63, 3.8) is 0 Å². The summed E-state index contributed by atoms with van der Waals surface area (Å²) in [7, 11) is -3.21. The Morgan fingerprint density at radius 1 is 1.05 bits per heavy atom. The zero-order chi connectivity index (χ0) is 16.2. The van der Waals surface area contributed by atoms with Gasteiger partial charge in [-0.15, -0.1) is 0 Å². The largest absolute Gasteiger partial charge is 0.355 e. The Morgan fingerprint density at radius 2 is 1.68 bits per heavy atom. The molecule has 1 aliphatic heterocycles. The zero-order valence-electron chi connectivity index (χ0n) is 13.0. The average Bonchev–Trinajstić information content (AvgIpc) is 3.35. The molecule has 0 atom stereocenters. The van der Waals surface area contributed by atoms with Gasteiger partial charge in [0.2, 0.25) is 21.8 Å². The fraction of sp³-hybridized carbons (Fsp3) is 0.857. The van der Waals surface area contributed by atoms with Crippen molar-refractivity contribution in [3.8, 4) is 0 Å². The molecule has 0 spiro atoms. The van der Waals surface area contributed by atoms with Crippen LogP contribution in [0.5, 0.6) is 0 Å². The second kappa shape index (κ2) is 7.41. The molecule has 126 valence electrons. The van der Waals surface area contributed by atoms with Crippen LogP contribution in [-0.4, -0.2) is 57.1 Å². The van der Waals surface area contributed by atoms with Gasteiger partial charge in [0, 0.05) is 38.0 Å². The van der Waals surface area contributed by atoms with Gasteiger partial charge in [-0.05, 0) is 32.6 Å². The number of likely N-dealkylation sites (tertiary alicyclic amines) is 1. The first-order chi connectivity index (χ1) is 10.4. The fourth-order valence-electron chi connectivity index (χ4n) is 2.59. The Hall–Kier alpha value is -1.15. The third kappa shape index (κ3) is 4.95. The topological polar surface area (TPSA) is 95.6 Å². The summed E-state index contributed by atoms with van der Waals surface area (Å²) in [6.07, 6.45) is 3.38. The molecule has 8 heteroatoms. The minimum atomic E-state index is -3.21. The normalized spacial score (nSPS) is 20.0. The third-order valence-corrected chi connectivity index (χ3v) is 5.63. The molecule has 0 unspecified atom stereocenters. The lowest BCUT2D eigenvalue weighted by atomic mass is 9.95. The number of nitrogens with zero attached hydrogens (tertiary/aromatic N) is 1. The SMILES string of the molecule is CCS(=O)(=O)NCCNC(=O)C1CCN(C(=O)C2CC2)CC1. The van der Waals surface area contributed by atoms with E-state index in [1.165, 1.54) is 0 Å². The van der Waals surface area contributed by atoms with Gasteiger partial charge < -0.3 is 10.2 Å². The lowest BCUT2D eigenvalue weighted by Crippen LogP contribution is -2.44. The van der Waals surface area contributed by atoms with Crippen LogP contribution in [0.1, 0.15) is 32.6 Å². The second-order valence-electron chi connectivity index (χ2n) is 5.96. The van der Waals surface area contributed by atoms with E-state index in [4.69, 9.17) is 0 Å². The van der Waals surface area contributed by atoms with E-state index in [9.17, 15) is 18.0 Å². The van der Waals surface area contributed by atoms with Crippen LogP contribution in [-0.2, 0) is 19.6 Å². The molecule has 0 aromatic carbocycles. The van der Waals surface area contributed by atoms with Gasteiger partial charge in [-0.25, -0.2) is 13.1 Å². The maximum Gasteiger partial charge on any atom is 0.225 e. The van der Waals surface area contributed by atoms with Gasteiger partial charge in [-0.2, -0.15) is 0 Å². The van der Waals surface area contributed by atoms with Crippen molar-refractivity contribution in [2.45, 2.75) is 32.6 Å². The molecule has 22 heavy (non-hydrogen) atoms. The molecule has 2 fully saturated rings. The molecule has 1 heterocycles. The lowest BCUT2D eigenvalue weighted by Gasteiger charge is -2.31. The summed E-state index contributed by atoms with van der Waals surface area (Å²) in [5.74, 6) is 0.388. The number of nitrogens with one attached hydrogen (secondary N) is 2. The van der Waals surface area contributed by atoms with Crippen LogP contribution in [0.2, 0.25) is 0 Å². The Morgan fingerprint density at radius 3 is 2.23 bits per heavy atom. The van der Waals surface area contributed by atoms with Crippen LogP contribution in [0.4, 0.5) is 0 Å². The molecule has 7 nitrogen and oxygen atoms in total. The first-order valence-electron chi connectivity index (χ1n) is 7.97. The molecule has 1 saturated heterocycles. The second-order valence-corrected chi connectivity index (χ2v) is 8.06. The number of sulfonamides is 1. The molecule has 0 aromatic rings. The van der Waals surface area contributed by atoms with E-state index in [1.54, 1.807) is 6.92 Å². The lowest BCUT2D eigenvalue weighted by molar-refractivity contribution is -0.136. The number of hydrogen-bond donors (Lipinski definition) is 2. The number of carbonyl (C=O) groups is 2. The van der Waals surface area contributed by atoms with Crippen molar-refractivity contribution in [2.24, 2.45) is 11.8 Å². The summed E-state index contributed by atoms with van der Waals surface area (Å²) in [6, 6.07) is 0. The molecule has 2 N–H and O–H groups in total. The van der Waals surface area contributed by atoms with E-state index in [1.807, 2.05) is 4.90 Å². The number of rotatable bonds is 7. The molecule has 2 aliphatic rings. The average molecular weight is 331 g/mol. The highest BCUT2D eigenvalue weighted by molar-refractivity contribution is 7.89. The standard InChI is InChI=1S/C14H25N3O4S/c1-2-22(20,21)16-8-7-15-13(18)11-5-9-17(10-6-11)14(19)12-3-4-12/h11-12,16H,2-10H2,1H3,(H,15,18). The van der Waals surface area contributed by atoms with Gasteiger partial charge in [-0.3, -0.25) is 9.59 Å². The van der Waals surface area contributed by atoms with Gasteiger partial charge in [0.25, 0.3) is 0 Å². The summed E-state index contributed by atoms with van der Waals surface area (Å²) >= 11 is 0. The molecule has 2 rings (SSSR count). The van der Waals surface area contributed by atoms with Crippen molar-refractivity contribution in [1.29, 1.82) is 0 Å². The maximum atomic E-state index is 12.0. The molecule has 0 radical (unpaired) electrons. The highest BCUT2D eigenvalue weighted by atomic mass is 32.2. The van der Waals surface area contributed by atoms with Crippen molar-refractivity contribution in [3.05, 3.63) is 0 Å². The number of hydrogen-bond acceptors (Lipinski definition) is 4. The summed E-state index contributed by atoms with van der Waals surface area (Å²) in [5, 5.41) is 2.76. The van der Waals surface area contributed by atoms with Crippen LogP contribution in [0.25, 0.3) is 0 Å². The van der Waals surface area contributed by atoms with Crippen molar-refractivity contribution < 1.29 is 18.0 Å². The molecule has 0 aromatic heterocycles. The van der Waals surface area contributed by atoms with E-state index in [-0.39, 0.29) is 35.9 Å². The monoisotopic (exact) mass is 331 g/mol. The first-order valence-corrected chi connectivity index (χ1v) is 9.62. The quantitative estimate of drug-likeness (QED) is 0.626. The van der Waals surface area contributed by atoms with E-state index < -0.39 is 10.0 Å². The number of piperidine rings is 1. The third-order valence-electron chi connectivity index (χ3n) is 4.23. The van der Waals surface area contributed by atoms with Crippen LogP contribution in [0.15, 0.2) is 0 Å². The number of carbonyl (C=O) groups excluding carboxylic acids is 2. The molecule has 2 amide bonds. The minimum Gasteiger partial charge on any atom is -0.355 e. The highest BCUT2D eigenvalue weighted by Crippen LogP contribution is 2.32. The first kappa shape index (κ1) is 17.2. The molecular formula is C14H25N3O4S. The number of amides is 2. The van der Waals surface area contributed by atoms with Crippen molar-refractivity contribution in [1.82, 2.24) is 14.9 Å². The van der Waals surface area contributed by atoms with Gasteiger partial charge in [0.05, 0.1) is 5.75 Å². The van der Waals surface area contributed by atoms with Crippen molar-refractivity contribution >= 4 is 21.8 Å². The molecular weight excluding hydrogens is 306 g/mol. The highest BCUT2D eigenvalue weighted by Gasteiger charge is 2.35. The minimum absolute atomic E-state index is 0.0361. The molecule has 1 aliphatic carbocycles. The zero-order valence-corrected chi connectivity index (χ0v) is 13.8. The van der Waals surface area contributed by atoms with Gasteiger partial charge >= 0.3 is 0 Å². The maximum absolute atomic E-state index is 12.0. The Kier molecular flexibility index (Phi) is 5.80. The van der Waals surface area contributed by atoms with Crippen LogP contribution >= 0.6 is 0 Å². The Balaban J connectivity index is 1.63. The summed E-state index contributed by atoms with van der Waals surface area (Å²) < 4.78 is 24.9. The smallest absolute Gasteiger partial charge is 0.225 e. The van der Waals surface area contributed by atoms with Crippen LogP contribution in [0.3, 0.4) is 0 Å². The van der Waals surface area contributed by atoms with E-state index in [0.717, 1.165) is 12.8 Å². The van der Waals surface area contributed by atoms with Gasteiger partial charge in [-0.1, -0.05) is 0 Å². The summed E-state index contributed by atoms with van der Waals surface area (Å²) in [6.45, 7) is 3.36. The van der Waals surface area contributed by atoms with Gasteiger partial charge in [0.15, 0.2) is 0 Å². The van der Waals surface area contributed by atoms with Gasteiger partial charge in [0.1, 0.15) is 0 Å².